The van der Waals surface area contributed by atoms with E-state index in [1.54, 1.807) is 31.2 Å². The smallest absolute Gasteiger partial charge is 0.255 e. The molecule has 156 valence electrons. The molecule has 2 N–H and O–H groups in total. The molecule has 1 fully saturated rings. The molecule has 7 nitrogen and oxygen atoms in total. The number of carbonyl (C=O) groups is 1. The summed E-state index contributed by atoms with van der Waals surface area (Å²) in [6.45, 7) is 3.03. The van der Waals surface area contributed by atoms with Gasteiger partial charge in [-0.05, 0) is 62.2 Å². The molecule has 0 aliphatic carbocycles. The van der Waals surface area contributed by atoms with E-state index in [0.29, 0.717) is 29.5 Å². The Morgan fingerprint density at radius 3 is 2.66 bits per heavy atom. The molecule has 1 saturated heterocycles. The van der Waals surface area contributed by atoms with Gasteiger partial charge in [0.1, 0.15) is 5.75 Å². The second-order valence-electron chi connectivity index (χ2n) is 6.54. The minimum Gasteiger partial charge on any atom is -0.492 e. The van der Waals surface area contributed by atoms with E-state index in [2.05, 4.69) is 10.0 Å². The van der Waals surface area contributed by atoms with E-state index in [9.17, 15) is 13.2 Å². The maximum absolute atomic E-state index is 12.7. The third kappa shape index (κ3) is 5.70. The first kappa shape index (κ1) is 21.6. The van der Waals surface area contributed by atoms with Crippen LogP contribution in [0.1, 0.15) is 30.1 Å². The Labute approximate surface area is 175 Å². The van der Waals surface area contributed by atoms with Crippen LogP contribution in [0.3, 0.4) is 0 Å². The highest BCUT2D eigenvalue weighted by Gasteiger charge is 2.22. The van der Waals surface area contributed by atoms with Crippen molar-refractivity contribution in [1.29, 1.82) is 0 Å². The number of anilines is 1. The summed E-state index contributed by atoms with van der Waals surface area (Å²) >= 11 is 5.86. The monoisotopic (exact) mass is 438 g/mol. The standard InChI is InChI=1S/C20H23ClN2O5S/c1-2-27-19-10-9-17(29(25,26)22-13-16-4-3-11-28-16)12-18(19)23-20(24)14-5-7-15(21)8-6-14/h5-10,12,16,22H,2-4,11,13H2,1H3,(H,23,24)/t16-/m1/s1. The van der Waals surface area contributed by atoms with E-state index in [-0.39, 0.29) is 23.2 Å². The molecule has 0 spiro atoms. The van der Waals surface area contributed by atoms with E-state index in [0.717, 1.165) is 12.8 Å². The van der Waals surface area contributed by atoms with Gasteiger partial charge in [-0.1, -0.05) is 11.6 Å². The third-order valence-corrected chi connectivity index (χ3v) is 6.11. The first-order valence-electron chi connectivity index (χ1n) is 9.34. The first-order valence-corrected chi connectivity index (χ1v) is 11.2. The fourth-order valence-corrected chi connectivity index (χ4v) is 4.16. The van der Waals surface area contributed by atoms with Crippen LogP contribution < -0.4 is 14.8 Å². The van der Waals surface area contributed by atoms with E-state index in [4.69, 9.17) is 21.1 Å². The van der Waals surface area contributed by atoms with Crippen LogP contribution in [0.2, 0.25) is 5.02 Å². The van der Waals surface area contributed by atoms with Crippen molar-refractivity contribution in [2.45, 2.75) is 30.8 Å². The summed E-state index contributed by atoms with van der Waals surface area (Å²) < 4.78 is 38.9. The van der Waals surface area contributed by atoms with Gasteiger partial charge < -0.3 is 14.8 Å². The zero-order chi connectivity index (χ0) is 20.9. The molecular weight excluding hydrogens is 416 g/mol. The lowest BCUT2D eigenvalue weighted by Crippen LogP contribution is -2.31. The van der Waals surface area contributed by atoms with E-state index in [1.165, 1.54) is 18.2 Å². The Balaban J connectivity index is 1.80. The van der Waals surface area contributed by atoms with Crippen LogP contribution in [0, 0.1) is 0 Å². The van der Waals surface area contributed by atoms with Gasteiger partial charge in [0.05, 0.1) is 23.3 Å². The van der Waals surface area contributed by atoms with Gasteiger partial charge >= 0.3 is 0 Å². The highest BCUT2D eigenvalue weighted by molar-refractivity contribution is 7.89. The summed E-state index contributed by atoms with van der Waals surface area (Å²) in [5.41, 5.74) is 0.661. The summed E-state index contributed by atoms with van der Waals surface area (Å²) in [5, 5.41) is 3.23. The number of carbonyl (C=O) groups excluding carboxylic acids is 1. The molecule has 1 atom stereocenters. The number of rotatable bonds is 8. The fraction of sp³-hybridized carbons (Fsp3) is 0.350. The molecule has 0 radical (unpaired) electrons. The van der Waals surface area contributed by atoms with Gasteiger partial charge in [-0.2, -0.15) is 0 Å². The van der Waals surface area contributed by atoms with Crippen LogP contribution in [0.4, 0.5) is 5.69 Å². The highest BCUT2D eigenvalue weighted by Crippen LogP contribution is 2.28. The normalized spacial score (nSPS) is 16.6. The van der Waals surface area contributed by atoms with Crippen LogP contribution in [0.5, 0.6) is 5.75 Å². The van der Waals surface area contributed by atoms with Gasteiger partial charge in [0.25, 0.3) is 5.91 Å². The number of sulfonamides is 1. The summed E-state index contributed by atoms with van der Waals surface area (Å²) in [4.78, 5) is 12.6. The minimum atomic E-state index is -3.76. The average Bonchev–Trinajstić information content (AvgIpc) is 3.22. The van der Waals surface area contributed by atoms with E-state index < -0.39 is 15.9 Å². The lowest BCUT2D eigenvalue weighted by atomic mass is 10.2. The number of nitrogens with one attached hydrogen (secondary N) is 2. The molecule has 1 aliphatic rings. The molecule has 2 aromatic carbocycles. The molecule has 0 bridgehead atoms. The Bertz CT molecular complexity index is 957. The number of ether oxygens (including phenoxy) is 2. The molecule has 9 heteroatoms. The van der Waals surface area contributed by atoms with Gasteiger partial charge in [0, 0.05) is 23.7 Å². The Kier molecular flexibility index (Phi) is 7.13. The summed E-state index contributed by atoms with van der Waals surface area (Å²) in [6.07, 6.45) is 1.64. The Morgan fingerprint density at radius 1 is 1.24 bits per heavy atom. The van der Waals surface area contributed by atoms with Gasteiger partial charge in [-0.15, -0.1) is 0 Å². The predicted molar refractivity (Wildman–Crippen MR) is 111 cm³/mol. The second kappa shape index (κ2) is 9.58. The number of hydrogen-bond acceptors (Lipinski definition) is 5. The SMILES string of the molecule is CCOc1ccc(S(=O)(=O)NC[C@H]2CCCO2)cc1NC(=O)c1ccc(Cl)cc1. The Hall–Kier alpha value is -2.13. The van der Waals surface area contributed by atoms with Gasteiger partial charge in [-0.25, -0.2) is 13.1 Å². The highest BCUT2D eigenvalue weighted by atomic mass is 35.5. The second-order valence-corrected chi connectivity index (χ2v) is 8.74. The van der Waals surface area contributed by atoms with Crippen molar-refractivity contribution in [3.8, 4) is 5.75 Å². The molecule has 2 aromatic rings. The summed E-state index contributed by atoms with van der Waals surface area (Å²) in [6, 6.07) is 10.7. The molecule has 3 rings (SSSR count). The summed E-state index contributed by atoms with van der Waals surface area (Å²) in [7, 11) is -3.76. The van der Waals surface area contributed by atoms with E-state index >= 15 is 0 Å². The molecule has 1 amide bonds. The van der Waals surface area contributed by atoms with Crippen LogP contribution in [0.25, 0.3) is 0 Å². The quantitative estimate of drug-likeness (QED) is 0.658. The van der Waals surface area contributed by atoms with Crippen molar-refractivity contribution >= 4 is 33.2 Å². The van der Waals surface area contributed by atoms with Crippen molar-refractivity contribution in [3.63, 3.8) is 0 Å². The number of benzene rings is 2. The van der Waals surface area contributed by atoms with Gasteiger partial charge in [0.15, 0.2) is 0 Å². The fourth-order valence-electron chi connectivity index (χ4n) is 2.94. The van der Waals surface area contributed by atoms with Gasteiger partial charge in [0.2, 0.25) is 10.0 Å². The topological polar surface area (TPSA) is 93.7 Å². The number of amides is 1. The lowest BCUT2D eigenvalue weighted by molar-refractivity contribution is 0.102. The maximum atomic E-state index is 12.7. The maximum Gasteiger partial charge on any atom is 0.255 e. The van der Waals surface area contributed by atoms with Crippen LogP contribution in [0.15, 0.2) is 47.4 Å². The van der Waals surface area contributed by atoms with Crippen molar-refractivity contribution in [2.75, 3.05) is 25.1 Å². The lowest BCUT2D eigenvalue weighted by Gasteiger charge is -2.15. The van der Waals surface area contributed by atoms with Crippen molar-refractivity contribution in [2.24, 2.45) is 0 Å². The average molecular weight is 439 g/mol. The zero-order valence-corrected chi connectivity index (χ0v) is 17.6. The molecule has 29 heavy (non-hydrogen) atoms. The van der Waals surface area contributed by atoms with Crippen LogP contribution in [-0.2, 0) is 14.8 Å². The largest absolute Gasteiger partial charge is 0.492 e. The van der Waals surface area contributed by atoms with Crippen molar-refractivity contribution in [3.05, 3.63) is 53.1 Å². The van der Waals surface area contributed by atoms with Crippen molar-refractivity contribution in [1.82, 2.24) is 4.72 Å². The molecule has 0 saturated carbocycles. The van der Waals surface area contributed by atoms with Crippen LogP contribution in [-0.4, -0.2) is 40.2 Å². The molecule has 1 aliphatic heterocycles. The molecular formula is C20H23ClN2O5S. The molecule has 1 heterocycles. The van der Waals surface area contributed by atoms with E-state index in [1.807, 2.05) is 0 Å². The first-order chi connectivity index (χ1) is 13.9. The van der Waals surface area contributed by atoms with Crippen LogP contribution >= 0.6 is 11.6 Å². The minimum absolute atomic E-state index is 0.0327. The molecule has 0 aromatic heterocycles. The molecule has 0 unspecified atom stereocenters. The predicted octanol–water partition coefficient (Wildman–Crippen LogP) is 3.45. The zero-order valence-electron chi connectivity index (χ0n) is 16.0. The third-order valence-electron chi connectivity index (χ3n) is 4.44. The van der Waals surface area contributed by atoms with Crippen molar-refractivity contribution < 1.29 is 22.7 Å². The van der Waals surface area contributed by atoms with Gasteiger partial charge in [-0.3, -0.25) is 4.79 Å². The number of hydrogen-bond donors (Lipinski definition) is 2. The Morgan fingerprint density at radius 2 is 2.00 bits per heavy atom. The summed E-state index contributed by atoms with van der Waals surface area (Å²) in [5.74, 6) is -0.0163. The number of halogens is 1.